The van der Waals surface area contributed by atoms with E-state index in [4.69, 9.17) is 4.74 Å². The van der Waals surface area contributed by atoms with Gasteiger partial charge >= 0.3 is 0 Å². The first kappa shape index (κ1) is 21.4. The molecule has 1 aliphatic carbocycles. The van der Waals surface area contributed by atoms with Gasteiger partial charge in [-0.1, -0.05) is 30.0 Å². The summed E-state index contributed by atoms with van der Waals surface area (Å²) in [6.45, 7) is 4.76. The Morgan fingerprint density at radius 3 is 2.58 bits per heavy atom. The Morgan fingerprint density at radius 1 is 1.13 bits per heavy atom. The van der Waals surface area contributed by atoms with Crippen molar-refractivity contribution in [2.45, 2.75) is 57.3 Å². The second kappa shape index (κ2) is 10.0. The summed E-state index contributed by atoms with van der Waals surface area (Å²) in [5, 5.41) is 12.4. The second-order valence-electron chi connectivity index (χ2n) is 7.75. The van der Waals surface area contributed by atoms with Crippen LogP contribution in [-0.4, -0.2) is 32.5 Å². The molecule has 1 amide bonds. The molecule has 1 fully saturated rings. The highest BCUT2D eigenvalue weighted by atomic mass is 32.2. The maximum Gasteiger partial charge on any atom is 0.234 e. The number of anilines is 1. The molecule has 2 aromatic carbocycles. The molecule has 1 N–H and O–H groups in total. The Labute approximate surface area is 187 Å². The zero-order chi connectivity index (χ0) is 21.6. The zero-order valence-corrected chi connectivity index (χ0v) is 18.8. The van der Waals surface area contributed by atoms with E-state index in [0.717, 1.165) is 52.9 Å². The average Bonchev–Trinajstić information content (AvgIpc) is 3.44. The van der Waals surface area contributed by atoms with E-state index in [1.165, 1.54) is 24.6 Å². The summed E-state index contributed by atoms with van der Waals surface area (Å²) < 4.78 is 8.10. The monoisotopic (exact) mass is 436 g/mol. The van der Waals surface area contributed by atoms with Crippen LogP contribution in [0.15, 0.2) is 53.7 Å². The number of aromatic nitrogens is 3. The summed E-state index contributed by atoms with van der Waals surface area (Å²) in [7, 11) is 0. The Hall–Kier alpha value is -2.80. The number of carbonyl (C=O) groups is 1. The van der Waals surface area contributed by atoms with Gasteiger partial charge in [0.25, 0.3) is 0 Å². The molecule has 4 rings (SSSR count). The van der Waals surface area contributed by atoms with Crippen LogP contribution in [0.25, 0.3) is 11.4 Å². The normalized spacial score (nSPS) is 14.0. The van der Waals surface area contributed by atoms with Gasteiger partial charge in [0, 0.05) is 17.8 Å². The van der Waals surface area contributed by atoms with E-state index in [1.54, 1.807) is 0 Å². The van der Waals surface area contributed by atoms with Gasteiger partial charge in [0.2, 0.25) is 5.91 Å². The molecule has 0 atom stereocenters. The van der Waals surface area contributed by atoms with Gasteiger partial charge in [-0.15, -0.1) is 10.2 Å². The van der Waals surface area contributed by atoms with Crippen molar-refractivity contribution in [3.8, 4) is 17.1 Å². The molecule has 0 saturated heterocycles. The maximum absolute atomic E-state index is 12.4. The van der Waals surface area contributed by atoms with Crippen molar-refractivity contribution in [2.75, 3.05) is 11.1 Å². The smallest absolute Gasteiger partial charge is 0.234 e. The fourth-order valence-corrected chi connectivity index (χ4v) is 4.61. The minimum atomic E-state index is -0.0556. The number of para-hydroxylation sites is 1. The quantitative estimate of drug-likeness (QED) is 0.484. The highest BCUT2D eigenvalue weighted by Crippen LogP contribution is 2.28. The highest BCUT2D eigenvalue weighted by molar-refractivity contribution is 7.99. The van der Waals surface area contributed by atoms with Gasteiger partial charge in [-0.25, -0.2) is 0 Å². The molecule has 1 aromatic heterocycles. The Bertz CT molecular complexity index is 1030. The predicted octanol–water partition coefficient (Wildman–Crippen LogP) is 5.33. The van der Waals surface area contributed by atoms with Gasteiger partial charge < -0.3 is 14.6 Å². The van der Waals surface area contributed by atoms with Crippen molar-refractivity contribution < 1.29 is 9.53 Å². The van der Waals surface area contributed by atoms with Crippen molar-refractivity contribution in [1.29, 1.82) is 0 Å². The van der Waals surface area contributed by atoms with Crippen molar-refractivity contribution in [2.24, 2.45) is 0 Å². The minimum absolute atomic E-state index is 0.0556. The first-order chi connectivity index (χ1) is 15.1. The first-order valence-electron chi connectivity index (χ1n) is 10.8. The number of hydrogen-bond acceptors (Lipinski definition) is 5. The number of benzene rings is 2. The molecule has 1 saturated carbocycles. The van der Waals surface area contributed by atoms with Crippen molar-refractivity contribution >= 4 is 23.4 Å². The van der Waals surface area contributed by atoms with Gasteiger partial charge in [-0.3, -0.25) is 4.79 Å². The summed E-state index contributed by atoms with van der Waals surface area (Å²) in [4.78, 5) is 12.4. The largest absolute Gasteiger partial charge is 0.490 e. The Balaban J connectivity index is 1.40. The molecule has 1 heterocycles. The first-order valence-corrected chi connectivity index (χ1v) is 11.8. The number of rotatable bonds is 8. The molecule has 162 valence electrons. The third kappa shape index (κ3) is 5.28. The number of ether oxygens (including phenoxy) is 1. The lowest BCUT2D eigenvalue weighted by Crippen LogP contribution is -2.15. The van der Waals surface area contributed by atoms with Gasteiger partial charge in [0.1, 0.15) is 5.75 Å². The standard InChI is InChI=1S/C24H28N4O2S/c1-3-28-23(18-12-14-20(15-13-18)30-19-9-5-6-10-19)26-27-24(28)31-16-22(29)25-21-11-7-4-8-17(21)2/h4,7-8,11-15,19H,3,5-6,9-10,16H2,1-2H3,(H,25,29). The van der Waals surface area contributed by atoms with Gasteiger partial charge in [-0.05, 0) is 75.4 Å². The number of nitrogens with one attached hydrogen (secondary N) is 1. The number of nitrogens with zero attached hydrogens (tertiary/aromatic N) is 3. The van der Waals surface area contributed by atoms with Crippen LogP contribution in [0.3, 0.4) is 0 Å². The SMILES string of the molecule is CCn1c(SCC(=O)Nc2ccccc2C)nnc1-c1ccc(OC2CCCC2)cc1. The lowest BCUT2D eigenvalue weighted by molar-refractivity contribution is -0.113. The van der Waals surface area contributed by atoms with Crippen molar-refractivity contribution in [1.82, 2.24) is 14.8 Å². The number of amides is 1. The van der Waals surface area contributed by atoms with Crippen molar-refractivity contribution in [3.05, 3.63) is 54.1 Å². The van der Waals surface area contributed by atoms with Gasteiger partial charge in [-0.2, -0.15) is 0 Å². The summed E-state index contributed by atoms with van der Waals surface area (Å²) >= 11 is 1.40. The van der Waals surface area contributed by atoms with E-state index in [1.807, 2.05) is 60.0 Å². The Morgan fingerprint density at radius 2 is 1.87 bits per heavy atom. The van der Waals surface area contributed by atoms with Crippen LogP contribution in [-0.2, 0) is 11.3 Å². The number of hydrogen-bond donors (Lipinski definition) is 1. The van der Waals surface area contributed by atoms with E-state index < -0.39 is 0 Å². The number of aryl methyl sites for hydroxylation is 1. The van der Waals surface area contributed by atoms with Crippen LogP contribution in [0, 0.1) is 6.92 Å². The second-order valence-corrected chi connectivity index (χ2v) is 8.69. The average molecular weight is 437 g/mol. The molecule has 7 heteroatoms. The topological polar surface area (TPSA) is 69.0 Å². The Kier molecular flexibility index (Phi) is 6.92. The molecule has 3 aromatic rings. The number of thioether (sulfide) groups is 1. The molecule has 0 aliphatic heterocycles. The molecular formula is C24H28N4O2S. The lowest BCUT2D eigenvalue weighted by atomic mass is 10.2. The third-order valence-corrected chi connectivity index (χ3v) is 6.47. The van der Waals surface area contributed by atoms with Crippen molar-refractivity contribution in [3.63, 3.8) is 0 Å². The zero-order valence-electron chi connectivity index (χ0n) is 18.0. The van der Waals surface area contributed by atoms with Crippen LogP contribution in [0.2, 0.25) is 0 Å². The van der Waals surface area contributed by atoms with Crippen LogP contribution in [0.1, 0.15) is 38.2 Å². The van der Waals surface area contributed by atoms with Crippen LogP contribution >= 0.6 is 11.8 Å². The molecule has 0 radical (unpaired) electrons. The van der Waals surface area contributed by atoms with Crippen LogP contribution in [0.4, 0.5) is 5.69 Å². The molecular weight excluding hydrogens is 408 g/mol. The van der Waals surface area contributed by atoms with E-state index in [0.29, 0.717) is 6.10 Å². The molecule has 0 unspecified atom stereocenters. The fourth-order valence-electron chi connectivity index (χ4n) is 3.80. The molecule has 6 nitrogen and oxygen atoms in total. The van der Waals surface area contributed by atoms with E-state index in [-0.39, 0.29) is 11.7 Å². The van der Waals surface area contributed by atoms with E-state index in [9.17, 15) is 4.79 Å². The predicted molar refractivity (Wildman–Crippen MR) is 125 cm³/mol. The number of carbonyl (C=O) groups excluding carboxylic acids is 1. The molecule has 0 bridgehead atoms. The van der Waals surface area contributed by atoms with Gasteiger partial charge in [0.15, 0.2) is 11.0 Å². The summed E-state index contributed by atoms with van der Waals surface area (Å²) in [5.41, 5.74) is 2.87. The summed E-state index contributed by atoms with van der Waals surface area (Å²) in [5.74, 6) is 1.93. The molecule has 31 heavy (non-hydrogen) atoms. The fraction of sp³-hybridized carbons (Fsp3) is 0.375. The van der Waals surface area contributed by atoms with E-state index in [2.05, 4.69) is 22.4 Å². The summed E-state index contributed by atoms with van der Waals surface area (Å²) in [6.07, 6.45) is 5.14. The molecule has 1 aliphatic rings. The third-order valence-electron chi connectivity index (χ3n) is 5.50. The maximum atomic E-state index is 12.4. The van der Waals surface area contributed by atoms with Gasteiger partial charge in [0.05, 0.1) is 11.9 Å². The highest BCUT2D eigenvalue weighted by Gasteiger charge is 2.18. The van der Waals surface area contributed by atoms with Crippen LogP contribution in [0.5, 0.6) is 5.75 Å². The van der Waals surface area contributed by atoms with E-state index >= 15 is 0 Å². The summed E-state index contributed by atoms with van der Waals surface area (Å²) in [6, 6.07) is 15.8. The lowest BCUT2D eigenvalue weighted by Gasteiger charge is -2.13. The minimum Gasteiger partial charge on any atom is -0.490 e. The molecule has 0 spiro atoms. The van der Waals surface area contributed by atoms with Crippen LogP contribution < -0.4 is 10.1 Å².